The lowest BCUT2D eigenvalue weighted by Gasteiger charge is -2.23. The maximum atomic E-state index is 12.2. The molecule has 1 atom stereocenters. The van der Waals surface area contributed by atoms with Crippen LogP contribution in [0, 0.1) is 0 Å². The van der Waals surface area contributed by atoms with E-state index in [4.69, 9.17) is 9.84 Å². The number of carboxylic acid groups (broad SMARTS) is 1. The quantitative estimate of drug-likeness (QED) is 0.847. The summed E-state index contributed by atoms with van der Waals surface area (Å²) in [5.74, 6) is -2.01. The molecule has 0 saturated carbocycles. The lowest BCUT2D eigenvalue weighted by molar-refractivity contribution is -0.125. The van der Waals surface area contributed by atoms with Gasteiger partial charge in [-0.05, 0) is 35.9 Å². The summed E-state index contributed by atoms with van der Waals surface area (Å²) in [6, 6.07) is 12.7. The van der Waals surface area contributed by atoms with Crippen LogP contribution in [0.5, 0.6) is 0 Å². The molecule has 2 aromatic carbocycles. The van der Waals surface area contributed by atoms with Gasteiger partial charge >= 0.3 is 11.9 Å². The van der Waals surface area contributed by atoms with Crippen LogP contribution < -0.4 is 5.32 Å². The predicted molar refractivity (Wildman–Crippen MR) is 81.4 cm³/mol. The minimum Gasteiger partial charge on any atom is -0.478 e. The maximum absolute atomic E-state index is 12.2. The fourth-order valence-electron chi connectivity index (χ4n) is 2.40. The maximum Gasteiger partial charge on any atom is 0.339 e. The zero-order valence-electron chi connectivity index (χ0n) is 12.0. The van der Waals surface area contributed by atoms with E-state index < -0.39 is 23.9 Å². The van der Waals surface area contributed by atoms with Crippen LogP contribution in [0.2, 0.25) is 0 Å². The molecule has 1 heterocycles. The molecule has 0 radical (unpaired) electrons. The van der Waals surface area contributed by atoms with Gasteiger partial charge in [-0.1, -0.05) is 18.2 Å². The van der Waals surface area contributed by atoms with E-state index in [2.05, 4.69) is 5.32 Å². The fraction of sp³-hybridized carbons (Fsp3) is 0.118. The number of anilines is 1. The number of carbonyl (C=O) groups is 3. The van der Waals surface area contributed by atoms with E-state index in [0.29, 0.717) is 17.7 Å². The van der Waals surface area contributed by atoms with Crippen molar-refractivity contribution in [3.8, 4) is 0 Å². The Morgan fingerprint density at radius 2 is 1.78 bits per heavy atom. The Bertz CT molecular complexity index is 782. The monoisotopic (exact) mass is 311 g/mol. The third-order valence-corrected chi connectivity index (χ3v) is 3.58. The lowest BCUT2D eigenvalue weighted by atomic mass is 9.98. The molecule has 6 nitrogen and oxygen atoms in total. The van der Waals surface area contributed by atoms with Gasteiger partial charge in [0.15, 0.2) is 6.10 Å². The highest BCUT2D eigenvalue weighted by Crippen LogP contribution is 2.21. The second kappa shape index (κ2) is 5.92. The number of rotatable bonds is 3. The number of hydrogen-bond donors (Lipinski definition) is 2. The molecule has 1 amide bonds. The summed E-state index contributed by atoms with van der Waals surface area (Å²) in [6.45, 7) is 0. The van der Waals surface area contributed by atoms with Crippen LogP contribution in [0.3, 0.4) is 0 Å². The molecule has 0 unspecified atom stereocenters. The average Bonchev–Trinajstić information content (AvgIpc) is 2.55. The topological polar surface area (TPSA) is 92.7 Å². The smallest absolute Gasteiger partial charge is 0.339 e. The van der Waals surface area contributed by atoms with Crippen molar-refractivity contribution >= 4 is 23.5 Å². The van der Waals surface area contributed by atoms with Crippen LogP contribution in [-0.4, -0.2) is 29.1 Å². The minimum absolute atomic E-state index is 0.126. The molecule has 0 saturated heterocycles. The molecule has 116 valence electrons. The molecule has 2 N–H and O–H groups in total. The highest BCUT2D eigenvalue weighted by atomic mass is 16.5. The molecule has 3 rings (SSSR count). The number of ether oxygens (including phenoxy) is 1. The van der Waals surface area contributed by atoms with Crippen LogP contribution in [0.15, 0.2) is 48.5 Å². The van der Waals surface area contributed by atoms with E-state index in [1.54, 1.807) is 24.3 Å². The Kier molecular flexibility index (Phi) is 3.80. The summed E-state index contributed by atoms with van der Waals surface area (Å²) in [4.78, 5) is 34.9. The number of fused-ring (bicyclic) bond motifs is 1. The van der Waals surface area contributed by atoms with Crippen molar-refractivity contribution < 1.29 is 24.2 Å². The Hall–Kier alpha value is -3.15. The van der Waals surface area contributed by atoms with Crippen molar-refractivity contribution in [3.05, 3.63) is 65.2 Å². The first-order valence-electron chi connectivity index (χ1n) is 6.97. The van der Waals surface area contributed by atoms with E-state index in [1.165, 1.54) is 24.3 Å². The molecular formula is C17H13NO5. The van der Waals surface area contributed by atoms with E-state index in [-0.39, 0.29) is 5.56 Å². The van der Waals surface area contributed by atoms with Gasteiger partial charge in [0.25, 0.3) is 5.91 Å². The number of hydrogen-bond acceptors (Lipinski definition) is 4. The second-order valence-electron chi connectivity index (χ2n) is 5.13. The van der Waals surface area contributed by atoms with Crippen LogP contribution in [-0.2, 0) is 16.0 Å². The summed E-state index contributed by atoms with van der Waals surface area (Å²) in [5, 5.41) is 11.5. The van der Waals surface area contributed by atoms with Gasteiger partial charge in [-0.15, -0.1) is 0 Å². The first-order chi connectivity index (χ1) is 11.0. The minimum atomic E-state index is -1.04. The third-order valence-electron chi connectivity index (χ3n) is 3.58. The summed E-state index contributed by atoms with van der Waals surface area (Å²) >= 11 is 0. The molecule has 1 aliphatic heterocycles. The second-order valence-corrected chi connectivity index (χ2v) is 5.13. The average molecular weight is 311 g/mol. The highest BCUT2D eigenvalue weighted by Gasteiger charge is 2.31. The number of esters is 1. The first kappa shape index (κ1) is 14.8. The Balaban J connectivity index is 1.72. The van der Waals surface area contributed by atoms with Crippen LogP contribution in [0.1, 0.15) is 26.3 Å². The largest absolute Gasteiger partial charge is 0.478 e. The number of amides is 1. The van der Waals surface area contributed by atoms with Crippen LogP contribution >= 0.6 is 0 Å². The van der Waals surface area contributed by atoms with Gasteiger partial charge in [-0.3, -0.25) is 4.79 Å². The van der Waals surface area contributed by atoms with Crippen molar-refractivity contribution in [1.82, 2.24) is 0 Å². The number of nitrogens with one attached hydrogen (secondary N) is 1. The van der Waals surface area contributed by atoms with Gasteiger partial charge in [0, 0.05) is 12.1 Å². The van der Waals surface area contributed by atoms with Gasteiger partial charge in [0.2, 0.25) is 0 Å². The van der Waals surface area contributed by atoms with Crippen molar-refractivity contribution in [3.63, 3.8) is 0 Å². The molecule has 0 fully saturated rings. The first-order valence-corrected chi connectivity index (χ1v) is 6.97. The van der Waals surface area contributed by atoms with Crippen LogP contribution in [0.4, 0.5) is 5.69 Å². The molecule has 0 aromatic heterocycles. The number of cyclic esters (lactones) is 1. The third kappa shape index (κ3) is 3.06. The molecule has 2 aromatic rings. The number of aromatic carboxylic acids is 1. The molecule has 6 heteroatoms. The zero-order valence-corrected chi connectivity index (χ0v) is 12.0. The van der Waals surface area contributed by atoms with E-state index in [1.807, 2.05) is 0 Å². The normalized spacial score (nSPS) is 16.2. The summed E-state index contributed by atoms with van der Waals surface area (Å²) < 4.78 is 5.16. The Morgan fingerprint density at radius 3 is 2.48 bits per heavy atom. The predicted octanol–water partition coefficient (Wildman–Crippen LogP) is 2.10. The Labute approximate surface area is 131 Å². The SMILES string of the molecule is O=C(O)c1ccc(NC(=O)[C@@H]2Cc3ccccc3C(=O)O2)cc1. The van der Waals surface area contributed by atoms with Crippen molar-refractivity contribution in [1.29, 1.82) is 0 Å². The Morgan fingerprint density at radius 1 is 1.09 bits per heavy atom. The number of carbonyl (C=O) groups excluding carboxylic acids is 2. The van der Waals surface area contributed by atoms with Gasteiger partial charge in [0.1, 0.15) is 0 Å². The summed E-state index contributed by atoms with van der Waals surface area (Å²) in [5.41, 5.74) is 1.81. The van der Waals surface area contributed by atoms with Crippen molar-refractivity contribution in [2.24, 2.45) is 0 Å². The van der Waals surface area contributed by atoms with Gasteiger partial charge in [-0.2, -0.15) is 0 Å². The lowest BCUT2D eigenvalue weighted by Crippen LogP contribution is -2.37. The van der Waals surface area contributed by atoms with Gasteiger partial charge in [-0.25, -0.2) is 9.59 Å². The molecule has 0 aliphatic carbocycles. The van der Waals surface area contributed by atoms with Crippen molar-refractivity contribution in [2.45, 2.75) is 12.5 Å². The number of carboxylic acids is 1. The summed E-state index contributed by atoms with van der Waals surface area (Å²) in [7, 11) is 0. The van der Waals surface area contributed by atoms with Crippen molar-refractivity contribution in [2.75, 3.05) is 5.32 Å². The highest BCUT2D eigenvalue weighted by molar-refractivity contribution is 6.00. The fourth-order valence-corrected chi connectivity index (χ4v) is 2.40. The van der Waals surface area contributed by atoms with Gasteiger partial charge < -0.3 is 15.2 Å². The molecule has 1 aliphatic rings. The van der Waals surface area contributed by atoms with Gasteiger partial charge in [0.05, 0.1) is 11.1 Å². The molecule has 0 bridgehead atoms. The zero-order chi connectivity index (χ0) is 16.4. The number of benzene rings is 2. The molecule has 0 spiro atoms. The molecule has 23 heavy (non-hydrogen) atoms. The van der Waals surface area contributed by atoms with E-state index >= 15 is 0 Å². The van der Waals surface area contributed by atoms with E-state index in [0.717, 1.165) is 5.56 Å². The molecular weight excluding hydrogens is 298 g/mol. The standard InChI is InChI=1S/C17H13NO5/c19-15(18-12-7-5-10(6-8-12)16(20)21)14-9-11-3-1-2-4-13(11)17(22)23-14/h1-8,14H,9H2,(H,18,19)(H,20,21)/t14-/m0/s1. The summed E-state index contributed by atoms with van der Waals surface area (Å²) in [6.07, 6.45) is -0.599. The van der Waals surface area contributed by atoms with Crippen LogP contribution in [0.25, 0.3) is 0 Å². The van der Waals surface area contributed by atoms with E-state index in [9.17, 15) is 14.4 Å².